The Labute approximate surface area is 139 Å². The summed E-state index contributed by atoms with van der Waals surface area (Å²) >= 11 is 5.12. The maximum absolute atomic E-state index is 12.4. The van der Waals surface area contributed by atoms with Gasteiger partial charge in [-0.15, -0.1) is 0 Å². The van der Waals surface area contributed by atoms with Gasteiger partial charge < -0.3 is 14.8 Å². The molecule has 2 rings (SSSR count). The minimum Gasteiger partial charge on any atom is -0.434 e. The predicted molar refractivity (Wildman–Crippen MR) is 88.0 cm³/mol. The van der Waals surface area contributed by atoms with Crippen LogP contribution in [0.5, 0.6) is 5.75 Å². The van der Waals surface area contributed by atoms with Crippen LogP contribution in [-0.4, -0.2) is 36.7 Å². The second-order valence-corrected chi connectivity index (χ2v) is 5.44. The van der Waals surface area contributed by atoms with Crippen LogP contribution in [0.1, 0.15) is 25.3 Å². The molecular weight excluding hydrogens is 324 g/mol. The smallest absolute Gasteiger partial charge is 0.387 e. The predicted octanol–water partition coefficient (Wildman–Crippen LogP) is 2.66. The lowest BCUT2D eigenvalue weighted by molar-refractivity contribution is -0.0499. The molecule has 1 saturated heterocycles. The normalized spacial score (nSPS) is 18.1. The number of hydrogen-bond acceptors (Lipinski definition) is 4. The zero-order valence-electron chi connectivity index (χ0n) is 12.7. The molecule has 2 N–H and O–H groups in total. The molecule has 0 aromatic heterocycles. The summed E-state index contributed by atoms with van der Waals surface area (Å²) in [6.07, 6.45) is 2.24. The number of benzene rings is 1. The Hall–Kier alpha value is -1.80. The van der Waals surface area contributed by atoms with Crippen LogP contribution in [0.2, 0.25) is 0 Å². The number of ether oxygens (including phenoxy) is 2. The van der Waals surface area contributed by atoms with Gasteiger partial charge >= 0.3 is 6.61 Å². The molecule has 1 aliphatic heterocycles. The van der Waals surface area contributed by atoms with Crippen molar-refractivity contribution >= 4 is 23.0 Å². The highest BCUT2D eigenvalue weighted by molar-refractivity contribution is 7.80. The standard InChI is InChI=1S/C15H19F2N3O2S/c1-10(12-6-2-3-7-13(12)22-14(16)17)19-20-15(23)18-9-11-5-4-8-21-11/h2-3,6-7,11,14H,4-5,8-9H2,1H3,(H2,18,20,23)/b19-10-/t11-/m1/s1. The molecule has 0 amide bonds. The summed E-state index contributed by atoms with van der Waals surface area (Å²) in [6.45, 7) is 0.200. The fraction of sp³-hybridized carbons (Fsp3) is 0.467. The summed E-state index contributed by atoms with van der Waals surface area (Å²) in [6, 6.07) is 6.46. The van der Waals surface area contributed by atoms with Gasteiger partial charge in [-0.3, -0.25) is 5.43 Å². The van der Waals surface area contributed by atoms with Crippen LogP contribution in [0.15, 0.2) is 29.4 Å². The molecule has 0 spiro atoms. The van der Waals surface area contributed by atoms with Gasteiger partial charge in [0.05, 0.1) is 11.8 Å². The summed E-state index contributed by atoms with van der Waals surface area (Å²) in [7, 11) is 0. The first kappa shape index (κ1) is 17.6. The maximum Gasteiger partial charge on any atom is 0.387 e. The van der Waals surface area contributed by atoms with Crippen molar-refractivity contribution in [3.05, 3.63) is 29.8 Å². The monoisotopic (exact) mass is 343 g/mol. The minimum absolute atomic E-state index is 0.0729. The molecular formula is C15H19F2N3O2S. The van der Waals surface area contributed by atoms with E-state index in [1.165, 1.54) is 6.07 Å². The van der Waals surface area contributed by atoms with Crippen LogP contribution in [0, 0.1) is 0 Å². The van der Waals surface area contributed by atoms with Crippen molar-refractivity contribution in [2.45, 2.75) is 32.5 Å². The third-order valence-electron chi connectivity index (χ3n) is 3.33. The van der Waals surface area contributed by atoms with Crippen LogP contribution in [0.25, 0.3) is 0 Å². The van der Waals surface area contributed by atoms with E-state index >= 15 is 0 Å². The van der Waals surface area contributed by atoms with Gasteiger partial charge in [-0.05, 0) is 44.1 Å². The van der Waals surface area contributed by atoms with E-state index in [9.17, 15) is 8.78 Å². The molecule has 5 nitrogen and oxygen atoms in total. The Morgan fingerprint density at radius 2 is 2.26 bits per heavy atom. The lowest BCUT2D eigenvalue weighted by Gasteiger charge is -2.13. The number of nitrogens with zero attached hydrogens (tertiary/aromatic N) is 1. The Kier molecular flexibility index (Phi) is 6.66. The molecule has 23 heavy (non-hydrogen) atoms. The first-order valence-electron chi connectivity index (χ1n) is 7.30. The number of rotatable bonds is 6. The molecule has 0 aliphatic carbocycles. The molecule has 1 aromatic rings. The second kappa shape index (κ2) is 8.73. The average molecular weight is 343 g/mol. The Balaban J connectivity index is 1.90. The average Bonchev–Trinajstić information content (AvgIpc) is 3.04. The van der Waals surface area contributed by atoms with Crippen LogP contribution < -0.4 is 15.5 Å². The highest BCUT2D eigenvalue weighted by atomic mass is 32.1. The zero-order chi connectivity index (χ0) is 16.7. The first-order chi connectivity index (χ1) is 11.1. The topological polar surface area (TPSA) is 54.9 Å². The van der Waals surface area contributed by atoms with Crippen LogP contribution >= 0.6 is 12.2 Å². The van der Waals surface area contributed by atoms with Gasteiger partial charge in [0.2, 0.25) is 0 Å². The van der Waals surface area contributed by atoms with Crippen molar-refractivity contribution in [1.82, 2.24) is 10.7 Å². The van der Waals surface area contributed by atoms with Gasteiger partial charge in [0.1, 0.15) is 5.75 Å². The summed E-state index contributed by atoms with van der Waals surface area (Å²) in [5.74, 6) is 0.0729. The third kappa shape index (κ3) is 5.72. The fourth-order valence-corrected chi connectivity index (χ4v) is 2.34. The van der Waals surface area contributed by atoms with Gasteiger partial charge in [-0.25, -0.2) is 0 Å². The summed E-state index contributed by atoms with van der Waals surface area (Å²) < 4.78 is 34.8. The fourth-order valence-electron chi connectivity index (χ4n) is 2.21. The van der Waals surface area contributed by atoms with Crippen molar-refractivity contribution in [3.8, 4) is 5.75 Å². The Morgan fingerprint density at radius 3 is 2.96 bits per heavy atom. The van der Waals surface area contributed by atoms with Crippen LogP contribution in [-0.2, 0) is 4.74 Å². The molecule has 1 aromatic carbocycles. The maximum atomic E-state index is 12.4. The molecule has 0 unspecified atom stereocenters. The van der Waals surface area contributed by atoms with Crippen molar-refractivity contribution in [3.63, 3.8) is 0 Å². The lowest BCUT2D eigenvalue weighted by Crippen LogP contribution is -2.37. The summed E-state index contributed by atoms with van der Waals surface area (Å²) in [5.41, 5.74) is 3.66. The van der Waals surface area contributed by atoms with Gasteiger partial charge in [-0.2, -0.15) is 13.9 Å². The molecule has 0 saturated carbocycles. The lowest BCUT2D eigenvalue weighted by atomic mass is 10.1. The van der Waals surface area contributed by atoms with E-state index in [2.05, 4.69) is 20.6 Å². The first-order valence-corrected chi connectivity index (χ1v) is 7.71. The van der Waals surface area contributed by atoms with E-state index in [0.29, 0.717) is 22.9 Å². The second-order valence-electron chi connectivity index (χ2n) is 5.03. The van der Waals surface area contributed by atoms with Crippen LogP contribution in [0.3, 0.4) is 0 Å². The number of thiocarbonyl (C=S) groups is 1. The van der Waals surface area contributed by atoms with Gasteiger partial charge in [0.25, 0.3) is 0 Å². The van der Waals surface area contributed by atoms with Gasteiger partial charge in [0, 0.05) is 18.7 Å². The molecule has 0 radical (unpaired) electrons. The molecule has 126 valence electrons. The number of hydrazone groups is 1. The molecule has 8 heteroatoms. The largest absolute Gasteiger partial charge is 0.434 e. The van der Waals surface area contributed by atoms with E-state index in [-0.39, 0.29) is 11.9 Å². The zero-order valence-corrected chi connectivity index (χ0v) is 13.5. The molecule has 1 heterocycles. The number of halogens is 2. The summed E-state index contributed by atoms with van der Waals surface area (Å²) in [5, 5.41) is 7.47. The SMILES string of the molecule is C/C(=N/NC(=S)NC[C@H]1CCCO1)c1ccccc1OC(F)F. The molecule has 1 aliphatic rings. The Morgan fingerprint density at radius 1 is 1.48 bits per heavy atom. The molecule has 1 fully saturated rings. The van der Waals surface area contributed by atoms with Crippen molar-refractivity contribution in [2.24, 2.45) is 5.10 Å². The van der Waals surface area contributed by atoms with Gasteiger partial charge in [-0.1, -0.05) is 12.1 Å². The Bertz CT molecular complexity index is 563. The van der Waals surface area contributed by atoms with E-state index in [4.69, 9.17) is 17.0 Å². The van der Waals surface area contributed by atoms with E-state index in [1.807, 2.05) is 0 Å². The number of hydrogen-bond donors (Lipinski definition) is 2. The highest BCUT2D eigenvalue weighted by Gasteiger charge is 2.15. The number of nitrogens with one attached hydrogen (secondary N) is 2. The van der Waals surface area contributed by atoms with Crippen LogP contribution in [0.4, 0.5) is 8.78 Å². The summed E-state index contributed by atoms with van der Waals surface area (Å²) in [4.78, 5) is 0. The van der Waals surface area contributed by atoms with Crippen molar-refractivity contribution in [2.75, 3.05) is 13.2 Å². The minimum atomic E-state index is -2.88. The van der Waals surface area contributed by atoms with E-state index < -0.39 is 6.61 Å². The number of alkyl halides is 2. The molecule has 1 atom stereocenters. The van der Waals surface area contributed by atoms with Crippen molar-refractivity contribution in [1.29, 1.82) is 0 Å². The highest BCUT2D eigenvalue weighted by Crippen LogP contribution is 2.20. The molecule has 0 bridgehead atoms. The van der Waals surface area contributed by atoms with Gasteiger partial charge in [0.15, 0.2) is 5.11 Å². The quantitative estimate of drug-likeness (QED) is 0.472. The van der Waals surface area contributed by atoms with E-state index in [1.54, 1.807) is 25.1 Å². The van der Waals surface area contributed by atoms with E-state index in [0.717, 1.165) is 19.4 Å². The third-order valence-corrected chi connectivity index (χ3v) is 3.57. The van der Waals surface area contributed by atoms with Crippen molar-refractivity contribution < 1.29 is 18.3 Å². The number of para-hydroxylation sites is 1.